The van der Waals surface area contributed by atoms with E-state index in [1.54, 1.807) is 56.3 Å². The number of carbonyl (C=O) groups is 1. The zero-order valence-electron chi connectivity index (χ0n) is 14.6. The molecule has 0 aliphatic carbocycles. The lowest BCUT2D eigenvalue weighted by atomic mass is 10.2. The molecule has 0 atom stereocenters. The van der Waals surface area contributed by atoms with E-state index < -0.39 is 12.0 Å². The first kappa shape index (κ1) is 18.6. The normalized spacial score (nSPS) is 11.6. The van der Waals surface area contributed by atoms with E-state index in [0.717, 1.165) is 0 Å². The number of alkyl halides is 3. The molecule has 2 N–H and O–H groups in total. The number of fused-ring (bicyclic) bond motifs is 1. The van der Waals surface area contributed by atoms with Gasteiger partial charge in [-0.05, 0) is 36.4 Å². The van der Waals surface area contributed by atoms with Crippen LogP contribution in [-0.2, 0) is 11.0 Å². The van der Waals surface area contributed by atoms with Crippen molar-refractivity contribution in [2.75, 3.05) is 10.6 Å². The molecule has 1 aromatic heterocycles. The summed E-state index contributed by atoms with van der Waals surface area (Å²) in [5.41, 5.74) is 1.33. The zero-order chi connectivity index (χ0) is 19.6. The number of para-hydroxylation sites is 1. The topological polar surface area (TPSA) is 66.9 Å². The first-order chi connectivity index (χ1) is 12.7. The maximum Gasteiger partial charge on any atom is 0.451 e. The Morgan fingerprint density at radius 1 is 0.963 bits per heavy atom. The molecule has 0 unspecified atom stereocenters. The Kier molecular flexibility index (Phi) is 4.98. The lowest BCUT2D eigenvalue weighted by Gasteiger charge is -2.13. The number of hydrogen-bond donors (Lipinski definition) is 2. The molecule has 3 aromatic rings. The van der Waals surface area contributed by atoms with Gasteiger partial charge in [0.05, 0.1) is 5.52 Å². The molecule has 3 rings (SSSR count). The van der Waals surface area contributed by atoms with E-state index in [0.29, 0.717) is 16.8 Å². The van der Waals surface area contributed by atoms with Crippen molar-refractivity contribution in [3.8, 4) is 0 Å². The molecule has 0 bridgehead atoms. The summed E-state index contributed by atoms with van der Waals surface area (Å²) in [4.78, 5) is 18.9. The fourth-order valence-electron chi connectivity index (χ4n) is 2.36. The number of hydrogen-bond acceptors (Lipinski definition) is 4. The molecule has 140 valence electrons. The predicted octanol–water partition coefficient (Wildman–Crippen LogP) is 4.99. The third-order valence-corrected chi connectivity index (χ3v) is 3.80. The van der Waals surface area contributed by atoms with Crippen LogP contribution in [-0.4, -0.2) is 15.9 Å². The number of rotatable bonds is 4. The van der Waals surface area contributed by atoms with Gasteiger partial charge in [0.2, 0.25) is 11.7 Å². The Morgan fingerprint density at radius 3 is 2.22 bits per heavy atom. The van der Waals surface area contributed by atoms with Crippen molar-refractivity contribution in [1.82, 2.24) is 9.97 Å². The minimum atomic E-state index is -4.65. The minimum absolute atomic E-state index is 0.0619. The van der Waals surface area contributed by atoms with E-state index in [1.807, 2.05) is 0 Å². The summed E-state index contributed by atoms with van der Waals surface area (Å²) in [6.07, 6.45) is -4.65. The Bertz CT molecular complexity index is 969. The molecular weight excluding hydrogens is 357 g/mol. The molecule has 0 saturated carbocycles. The molecule has 0 fully saturated rings. The van der Waals surface area contributed by atoms with Crippen LogP contribution < -0.4 is 10.6 Å². The summed E-state index contributed by atoms with van der Waals surface area (Å²) in [5, 5.41) is 6.12. The van der Waals surface area contributed by atoms with Crippen molar-refractivity contribution >= 4 is 34.0 Å². The quantitative estimate of drug-likeness (QED) is 0.675. The van der Waals surface area contributed by atoms with Gasteiger partial charge in [0.15, 0.2) is 0 Å². The Balaban J connectivity index is 1.91. The second kappa shape index (κ2) is 7.22. The summed E-state index contributed by atoms with van der Waals surface area (Å²) >= 11 is 0. The summed E-state index contributed by atoms with van der Waals surface area (Å²) in [5.74, 6) is -1.42. The Hall–Kier alpha value is -3.16. The standard InChI is InChI=1S/C19H17F3N4O/c1-11(2)17(27)24-13-9-7-12(8-10-13)23-16-14-5-3-4-6-15(14)25-18(26-16)19(20,21)22/h3-11H,1-2H3,(H,24,27)(H,23,25,26). The average molecular weight is 374 g/mol. The SMILES string of the molecule is CC(C)C(=O)Nc1ccc(Nc2nc(C(F)(F)F)nc3ccccc23)cc1. The number of amides is 1. The Labute approximate surface area is 153 Å². The highest BCUT2D eigenvalue weighted by Gasteiger charge is 2.35. The average Bonchev–Trinajstić information content (AvgIpc) is 2.62. The molecule has 1 heterocycles. The van der Waals surface area contributed by atoms with E-state index in [9.17, 15) is 18.0 Å². The van der Waals surface area contributed by atoms with Crippen LogP contribution >= 0.6 is 0 Å². The largest absolute Gasteiger partial charge is 0.451 e. The van der Waals surface area contributed by atoms with E-state index in [2.05, 4.69) is 20.6 Å². The van der Waals surface area contributed by atoms with Crippen LogP contribution in [0.25, 0.3) is 10.9 Å². The molecule has 0 spiro atoms. The lowest BCUT2D eigenvalue weighted by Crippen LogP contribution is -2.17. The number of benzene rings is 2. The number of carbonyl (C=O) groups excluding carboxylic acids is 1. The van der Waals surface area contributed by atoms with Gasteiger partial charge in [0, 0.05) is 22.7 Å². The molecule has 0 radical (unpaired) electrons. The van der Waals surface area contributed by atoms with Gasteiger partial charge in [0.1, 0.15) is 5.82 Å². The van der Waals surface area contributed by atoms with Gasteiger partial charge >= 0.3 is 6.18 Å². The van der Waals surface area contributed by atoms with Gasteiger partial charge in [-0.2, -0.15) is 13.2 Å². The van der Waals surface area contributed by atoms with Crippen LogP contribution in [0.2, 0.25) is 0 Å². The van der Waals surface area contributed by atoms with E-state index >= 15 is 0 Å². The van der Waals surface area contributed by atoms with Crippen molar-refractivity contribution in [3.63, 3.8) is 0 Å². The third kappa shape index (κ3) is 4.33. The fraction of sp³-hybridized carbons (Fsp3) is 0.211. The van der Waals surface area contributed by atoms with Crippen LogP contribution in [0.15, 0.2) is 48.5 Å². The second-order valence-corrected chi connectivity index (χ2v) is 6.26. The highest BCUT2D eigenvalue weighted by atomic mass is 19.4. The lowest BCUT2D eigenvalue weighted by molar-refractivity contribution is -0.144. The van der Waals surface area contributed by atoms with Crippen molar-refractivity contribution in [3.05, 3.63) is 54.4 Å². The first-order valence-corrected chi connectivity index (χ1v) is 8.26. The highest BCUT2D eigenvalue weighted by molar-refractivity contribution is 5.93. The number of anilines is 3. The molecule has 0 saturated heterocycles. The minimum Gasteiger partial charge on any atom is -0.340 e. The van der Waals surface area contributed by atoms with Gasteiger partial charge in [-0.15, -0.1) is 0 Å². The van der Waals surface area contributed by atoms with Crippen LogP contribution in [0.4, 0.5) is 30.4 Å². The van der Waals surface area contributed by atoms with Crippen molar-refractivity contribution in [2.45, 2.75) is 20.0 Å². The van der Waals surface area contributed by atoms with Crippen molar-refractivity contribution < 1.29 is 18.0 Å². The smallest absolute Gasteiger partial charge is 0.340 e. The number of aromatic nitrogens is 2. The van der Waals surface area contributed by atoms with Crippen molar-refractivity contribution in [1.29, 1.82) is 0 Å². The third-order valence-electron chi connectivity index (χ3n) is 3.80. The van der Waals surface area contributed by atoms with Crippen LogP contribution in [0.3, 0.4) is 0 Å². The van der Waals surface area contributed by atoms with Gasteiger partial charge in [-0.25, -0.2) is 9.97 Å². The van der Waals surface area contributed by atoms with Gasteiger partial charge in [-0.3, -0.25) is 4.79 Å². The summed E-state index contributed by atoms with van der Waals surface area (Å²) < 4.78 is 39.2. The number of halogens is 3. The second-order valence-electron chi connectivity index (χ2n) is 6.26. The Morgan fingerprint density at radius 2 is 1.59 bits per heavy atom. The summed E-state index contributed by atoms with van der Waals surface area (Å²) in [6, 6.07) is 13.1. The fourth-order valence-corrected chi connectivity index (χ4v) is 2.36. The molecule has 8 heteroatoms. The van der Waals surface area contributed by atoms with E-state index in [-0.39, 0.29) is 23.2 Å². The van der Waals surface area contributed by atoms with Crippen molar-refractivity contribution in [2.24, 2.45) is 5.92 Å². The maximum atomic E-state index is 13.1. The summed E-state index contributed by atoms with van der Waals surface area (Å²) in [6.45, 7) is 3.56. The molecule has 0 aliphatic rings. The predicted molar refractivity (Wildman–Crippen MR) is 97.7 cm³/mol. The summed E-state index contributed by atoms with van der Waals surface area (Å²) in [7, 11) is 0. The maximum absolute atomic E-state index is 13.1. The zero-order valence-corrected chi connectivity index (χ0v) is 14.6. The highest BCUT2D eigenvalue weighted by Crippen LogP contribution is 2.31. The number of nitrogens with one attached hydrogen (secondary N) is 2. The number of nitrogens with zero attached hydrogens (tertiary/aromatic N) is 2. The van der Waals surface area contributed by atoms with Gasteiger partial charge in [-0.1, -0.05) is 26.0 Å². The molecule has 5 nitrogen and oxygen atoms in total. The van der Waals surface area contributed by atoms with Crippen LogP contribution in [0.1, 0.15) is 19.7 Å². The van der Waals surface area contributed by atoms with Gasteiger partial charge in [0.25, 0.3) is 0 Å². The molecular formula is C19H17F3N4O. The van der Waals surface area contributed by atoms with Gasteiger partial charge < -0.3 is 10.6 Å². The molecule has 27 heavy (non-hydrogen) atoms. The monoisotopic (exact) mass is 374 g/mol. The van der Waals surface area contributed by atoms with Crippen LogP contribution in [0.5, 0.6) is 0 Å². The molecule has 2 aromatic carbocycles. The molecule has 0 aliphatic heterocycles. The first-order valence-electron chi connectivity index (χ1n) is 8.26. The molecule has 1 amide bonds. The van der Waals surface area contributed by atoms with E-state index in [4.69, 9.17) is 0 Å². The van der Waals surface area contributed by atoms with Crippen LogP contribution in [0, 0.1) is 5.92 Å². The van der Waals surface area contributed by atoms with E-state index in [1.165, 1.54) is 6.07 Å².